The number of rotatable bonds is 6. The lowest BCUT2D eigenvalue weighted by Crippen LogP contribution is -2.18. The van der Waals surface area contributed by atoms with Crippen molar-refractivity contribution in [2.75, 3.05) is 6.61 Å². The molecule has 2 aromatic carbocycles. The number of carbonyl (C=O) groups excluding carboxylic acids is 1. The van der Waals surface area contributed by atoms with Gasteiger partial charge in [0.15, 0.2) is 12.2 Å². The maximum absolute atomic E-state index is 11.5. The van der Waals surface area contributed by atoms with Crippen LogP contribution in [-0.2, 0) is 16.0 Å². The first kappa shape index (κ1) is 16.1. The first-order chi connectivity index (χ1) is 11.6. The molecule has 0 fully saturated rings. The molecule has 0 saturated heterocycles. The van der Waals surface area contributed by atoms with Crippen LogP contribution in [0.3, 0.4) is 0 Å². The predicted octanol–water partition coefficient (Wildman–Crippen LogP) is 3.75. The highest BCUT2D eigenvalue weighted by Gasteiger charge is 2.11. The molecule has 5 nitrogen and oxygen atoms in total. The van der Waals surface area contributed by atoms with Gasteiger partial charge in [0.1, 0.15) is 5.75 Å². The first-order valence-electron chi connectivity index (χ1n) is 7.86. The minimum absolute atomic E-state index is 0.130. The Morgan fingerprint density at radius 3 is 2.71 bits per heavy atom. The average molecular weight is 325 g/mol. The van der Waals surface area contributed by atoms with E-state index in [1.54, 1.807) is 26.0 Å². The van der Waals surface area contributed by atoms with Crippen LogP contribution < -0.4 is 4.74 Å². The zero-order chi connectivity index (χ0) is 16.9. The fourth-order valence-electron chi connectivity index (χ4n) is 2.42. The van der Waals surface area contributed by atoms with E-state index in [1.807, 2.05) is 24.3 Å². The lowest BCUT2D eigenvalue weighted by atomic mass is 10.1. The summed E-state index contributed by atoms with van der Waals surface area (Å²) in [6.45, 7) is 3.47. The van der Waals surface area contributed by atoms with E-state index in [4.69, 9.17) is 14.0 Å². The number of hydrogen-bond acceptors (Lipinski definition) is 5. The number of ether oxygens (including phenoxy) is 2. The Morgan fingerprint density at radius 1 is 1.17 bits per heavy atom. The van der Waals surface area contributed by atoms with Crippen LogP contribution in [0.4, 0.5) is 0 Å². The van der Waals surface area contributed by atoms with Gasteiger partial charge in [-0.2, -0.15) is 0 Å². The molecular weight excluding hydrogens is 306 g/mol. The van der Waals surface area contributed by atoms with E-state index in [0.29, 0.717) is 17.8 Å². The number of carbonyl (C=O) groups is 1. The van der Waals surface area contributed by atoms with E-state index in [2.05, 4.69) is 17.3 Å². The zero-order valence-corrected chi connectivity index (χ0v) is 13.7. The summed E-state index contributed by atoms with van der Waals surface area (Å²) in [5, 5.41) is 5.08. The molecule has 0 radical (unpaired) electrons. The van der Waals surface area contributed by atoms with Gasteiger partial charge in [0.05, 0.1) is 11.8 Å². The maximum Gasteiger partial charge on any atom is 0.344 e. The Hall–Kier alpha value is -2.82. The number of hydrogen-bond donors (Lipinski definition) is 0. The van der Waals surface area contributed by atoms with E-state index in [0.717, 1.165) is 11.1 Å². The molecule has 1 heterocycles. The molecule has 0 amide bonds. The van der Waals surface area contributed by atoms with Crippen LogP contribution in [0.15, 0.2) is 53.1 Å². The lowest BCUT2D eigenvalue weighted by molar-refractivity contribution is -0.149. The van der Waals surface area contributed by atoms with Crippen LogP contribution in [0.2, 0.25) is 0 Å². The molecule has 124 valence electrons. The van der Waals surface area contributed by atoms with Crippen molar-refractivity contribution in [2.24, 2.45) is 0 Å². The van der Waals surface area contributed by atoms with Crippen LogP contribution >= 0.6 is 0 Å². The van der Waals surface area contributed by atoms with E-state index >= 15 is 0 Å². The van der Waals surface area contributed by atoms with Crippen LogP contribution in [-0.4, -0.2) is 23.8 Å². The maximum atomic E-state index is 11.5. The van der Waals surface area contributed by atoms with Crippen LogP contribution in [0, 0.1) is 0 Å². The molecule has 0 N–H and O–H groups in total. The van der Waals surface area contributed by atoms with Crippen LogP contribution in [0.1, 0.15) is 25.1 Å². The van der Waals surface area contributed by atoms with E-state index in [1.165, 1.54) is 5.56 Å². The number of fused-ring (bicyclic) bond motifs is 1. The minimum atomic E-state index is -0.396. The third-order valence-electron chi connectivity index (χ3n) is 3.46. The third kappa shape index (κ3) is 3.93. The molecule has 0 spiro atoms. The topological polar surface area (TPSA) is 61.6 Å². The SMILES string of the molecule is CC(C)OC(=O)COc1ccc2c(Cc3ccccc3)noc2c1. The summed E-state index contributed by atoms with van der Waals surface area (Å²) in [5.74, 6) is 0.151. The second-order valence-corrected chi connectivity index (χ2v) is 5.78. The number of benzene rings is 2. The van der Waals surface area contributed by atoms with Crippen molar-refractivity contribution < 1.29 is 18.8 Å². The van der Waals surface area contributed by atoms with E-state index < -0.39 is 5.97 Å². The molecule has 5 heteroatoms. The van der Waals surface area contributed by atoms with Crippen molar-refractivity contribution in [1.29, 1.82) is 0 Å². The lowest BCUT2D eigenvalue weighted by Gasteiger charge is -2.09. The van der Waals surface area contributed by atoms with Crippen LogP contribution in [0.25, 0.3) is 11.0 Å². The fourth-order valence-corrected chi connectivity index (χ4v) is 2.42. The fraction of sp³-hybridized carbons (Fsp3) is 0.263. The zero-order valence-electron chi connectivity index (χ0n) is 13.7. The second kappa shape index (κ2) is 7.17. The van der Waals surface area contributed by atoms with Crippen LogP contribution in [0.5, 0.6) is 5.75 Å². The predicted molar refractivity (Wildman–Crippen MR) is 90.0 cm³/mol. The second-order valence-electron chi connectivity index (χ2n) is 5.78. The molecule has 0 atom stereocenters. The van der Waals surface area contributed by atoms with E-state index in [-0.39, 0.29) is 12.7 Å². The van der Waals surface area contributed by atoms with Crippen molar-refractivity contribution >= 4 is 16.9 Å². The van der Waals surface area contributed by atoms with Crippen molar-refractivity contribution in [3.05, 3.63) is 59.8 Å². The van der Waals surface area contributed by atoms with Gasteiger partial charge in [0.25, 0.3) is 0 Å². The molecule has 0 unspecified atom stereocenters. The number of aromatic nitrogens is 1. The molecular formula is C19H19NO4. The first-order valence-corrected chi connectivity index (χ1v) is 7.86. The van der Waals surface area contributed by atoms with Crippen molar-refractivity contribution in [3.8, 4) is 5.75 Å². The van der Waals surface area contributed by atoms with Gasteiger partial charge in [-0.3, -0.25) is 0 Å². The molecule has 0 saturated carbocycles. The molecule has 0 bridgehead atoms. The van der Waals surface area contributed by atoms with Gasteiger partial charge in [0.2, 0.25) is 0 Å². The summed E-state index contributed by atoms with van der Waals surface area (Å²) in [6.07, 6.45) is 0.549. The van der Waals surface area contributed by atoms with Gasteiger partial charge in [0, 0.05) is 17.9 Å². The Balaban J connectivity index is 1.70. The summed E-state index contributed by atoms with van der Waals surface area (Å²) >= 11 is 0. The van der Waals surface area contributed by atoms with Crippen molar-refractivity contribution in [3.63, 3.8) is 0 Å². The highest BCUT2D eigenvalue weighted by atomic mass is 16.6. The van der Waals surface area contributed by atoms with Crippen molar-refractivity contribution in [1.82, 2.24) is 5.16 Å². The highest BCUT2D eigenvalue weighted by Crippen LogP contribution is 2.25. The number of nitrogens with zero attached hydrogens (tertiary/aromatic N) is 1. The monoisotopic (exact) mass is 325 g/mol. The molecule has 3 aromatic rings. The number of esters is 1. The largest absolute Gasteiger partial charge is 0.482 e. The molecule has 24 heavy (non-hydrogen) atoms. The third-order valence-corrected chi connectivity index (χ3v) is 3.46. The molecule has 0 aliphatic carbocycles. The van der Waals surface area contributed by atoms with Gasteiger partial charge in [-0.25, -0.2) is 4.79 Å². The molecule has 1 aromatic heterocycles. The van der Waals surface area contributed by atoms with Gasteiger partial charge in [-0.1, -0.05) is 35.5 Å². The summed E-state index contributed by atoms with van der Waals surface area (Å²) in [4.78, 5) is 11.5. The van der Waals surface area contributed by atoms with Gasteiger partial charge < -0.3 is 14.0 Å². The Kier molecular flexibility index (Phi) is 4.79. The molecule has 0 aliphatic heterocycles. The normalized spacial score (nSPS) is 11.0. The van der Waals surface area contributed by atoms with Crippen molar-refractivity contribution in [2.45, 2.75) is 26.4 Å². The molecule has 3 rings (SSSR count). The van der Waals surface area contributed by atoms with Gasteiger partial charge in [-0.15, -0.1) is 0 Å². The average Bonchev–Trinajstić information content (AvgIpc) is 2.95. The highest BCUT2D eigenvalue weighted by molar-refractivity contribution is 5.81. The summed E-state index contributed by atoms with van der Waals surface area (Å²) < 4.78 is 15.9. The summed E-state index contributed by atoms with van der Waals surface area (Å²) in [5.41, 5.74) is 2.68. The van der Waals surface area contributed by atoms with Gasteiger partial charge in [-0.05, 0) is 31.5 Å². The Labute approximate surface area is 140 Å². The molecule has 0 aliphatic rings. The summed E-state index contributed by atoms with van der Waals surface area (Å²) in [6, 6.07) is 15.5. The summed E-state index contributed by atoms with van der Waals surface area (Å²) in [7, 11) is 0. The standard InChI is InChI=1S/C19H19NO4/c1-13(2)23-19(21)12-22-15-8-9-16-17(20-24-18(16)11-15)10-14-6-4-3-5-7-14/h3-9,11,13H,10,12H2,1-2H3. The Morgan fingerprint density at radius 2 is 1.96 bits per heavy atom. The van der Waals surface area contributed by atoms with E-state index in [9.17, 15) is 4.79 Å². The Bertz CT molecular complexity index is 824. The minimum Gasteiger partial charge on any atom is -0.482 e. The smallest absolute Gasteiger partial charge is 0.344 e. The quantitative estimate of drug-likeness (QED) is 0.646. The van der Waals surface area contributed by atoms with Gasteiger partial charge >= 0.3 is 5.97 Å².